The predicted octanol–water partition coefficient (Wildman–Crippen LogP) is 4.11. The number of hydrogen-bond acceptors (Lipinski definition) is 5. The van der Waals surface area contributed by atoms with Crippen molar-refractivity contribution in [2.75, 3.05) is 26.2 Å². The second kappa shape index (κ2) is 15.0. The largest absolute Gasteiger partial charge is 0.508 e. The number of aliphatic hydroxyl groups excluding tert-OH is 1. The van der Waals surface area contributed by atoms with Crippen LogP contribution in [0.1, 0.15) is 68.1 Å². The zero-order valence-corrected chi connectivity index (χ0v) is 17.4. The highest BCUT2D eigenvalue weighted by atomic mass is 16.5. The number of aromatic hydroxyl groups is 1. The summed E-state index contributed by atoms with van der Waals surface area (Å²) < 4.78 is 45.3. The second-order valence-corrected chi connectivity index (χ2v) is 7.17. The van der Waals surface area contributed by atoms with Gasteiger partial charge in [0.1, 0.15) is 5.75 Å². The molecule has 5 heteroatoms. The van der Waals surface area contributed by atoms with Gasteiger partial charge in [-0.15, -0.1) is 0 Å². The van der Waals surface area contributed by atoms with Gasteiger partial charge in [-0.2, -0.15) is 0 Å². The summed E-state index contributed by atoms with van der Waals surface area (Å²) in [6.45, 7) is -4.03. The van der Waals surface area contributed by atoms with Gasteiger partial charge in [-0.3, -0.25) is 0 Å². The predicted molar refractivity (Wildman–Crippen MR) is 121 cm³/mol. The van der Waals surface area contributed by atoms with E-state index < -0.39 is 25.8 Å². The Morgan fingerprint density at radius 3 is 2.47 bits per heavy atom. The summed E-state index contributed by atoms with van der Waals surface area (Å²) in [6, 6.07) is 13.9. The molecule has 166 valence electrons. The smallest absolute Gasteiger partial charge is 0.121 e. The summed E-state index contributed by atoms with van der Waals surface area (Å²) in [5, 5.41) is 32.2. The van der Waals surface area contributed by atoms with Gasteiger partial charge < -0.3 is 25.4 Å². The normalized spacial score (nSPS) is 16.7. The van der Waals surface area contributed by atoms with Crippen molar-refractivity contribution >= 4 is 0 Å². The fourth-order valence-electron chi connectivity index (χ4n) is 2.99. The Kier molecular flexibility index (Phi) is 8.85. The van der Waals surface area contributed by atoms with E-state index in [0.717, 1.165) is 5.56 Å². The summed E-state index contributed by atoms with van der Waals surface area (Å²) in [6.07, 6.45) is 1.42. The Hall–Kier alpha value is -1.92. The van der Waals surface area contributed by atoms with E-state index in [1.165, 1.54) is 18.2 Å². The van der Waals surface area contributed by atoms with Crippen LogP contribution in [-0.2, 0) is 17.8 Å². The van der Waals surface area contributed by atoms with Crippen LogP contribution < -0.4 is 5.32 Å². The molecule has 0 heterocycles. The lowest BCUT2D eigenvalue weighted by atomic mass is 10.1. The Labute approximate surface area is 187 Å². The summed E-state index contributed by atoms with van der Waals surface area (Å²) in [5.41, 5.74) is 1.61. The van der Waals surface area contributed by atoms with Gasteiger partial charge >= 0.3 is 0 Å². The average Bonchev–Trinajstić information content (AvgIpc) is 2.78. The molecule has 2 aromatic carbocycles. The number of ether oxygens (including phenoxy) is 1. The van der Waals surface area contributed by atoms with Crippen LogP contribution in [0, 0.1) is 0 Å². The number of benzene rings is 2. The van der Waals surface area contributed by atoms with Crippen LogP contribution >= 0.6 is 0 Å². The number of rotatable bonds is 16. The molecule has 0 aliphatic rings. The Balaban J connectivity index is 1.63. The molecule has 5 nitrogen and oxygen atoms in total. The van der Waals surface area contributed by atoms with Crippen LogP contribution in [0.15, 0.2) is 48.5 Å². The zero-order valence-electron chi connectivity index (χ0n) is 22.4. The fraction of sp³-hybridized carbons (Fsp3) is 0.520. The molecule has 0 saturated carbocycles. The van der Waals surface area contributed by atoms with Gasteiger partial charge in [-0.05, 0) is 61.9 Å². The molecule has 0 aliphatic carbocycles. The highest BCUT2D eigenvalue weighted by molar-refractivity contribution is 5.36. The molecular formula is C25H37NO4. The maximum Gasteiger partial charge on any atom is 0.121 e. The van der Waals surface area contributed by atoms with E-state index in [1.54, 1.807) is 0 Å². The molecule has 30 heavy (non-hydrogen) atoms. The molecule has 2 aromatic rings. The fourth-order valence-corrected chi connectivity index (χ4v) is 2.99. The maximum absolute atomic E-state index is 10.4. The summed E-state index contributed by atoms with van der Waals surface area (Å²) >= 11 is 0. The van der Waals surface area contributed by atoms with Crippen LogP contribution in [0.2, 0.25) is 0 Å². The van der Waals surface area contributed by atoms with Crippen molar-refractivity contribution in [1.29, 1.82) is 0 Å². The van der Waals surface area contributed by atoms with Gasteiger partial charge in [-0.1, -0.05) is 49.2 Å². The van der Waals surface area contributed by atoms with E-state index in [4.69, 9.17) is 11.6 Å². The minimum Gasteiger partial charge on any atom is -0.508 e. The van der Waals surface area contributed by atoms with Crippen molar-refractivity contribution in [3.05, 3.63) is 65.2 Å². The Bertz CT molecular complexity index is 897. The van der Waals surface area contributed by atoms with Gasteiger partial charge in [0, 0.05) is 25.2 Å². The SMILES string of the molecule is [2H]C([2H])(CCCCCNCC([2H])(O)c1ccc(O)c(CO)c1)OC([2H])([2H])CCCc1ccccc1. The molecule has 0 aromatic heterocycles. The average molecular weight is 421 g/mol. The summed E-state index contributed by atoms with van der Waals surface area (Å²) in [5.74, 6) is -0.0934. The van der Waals surface area contributed by atoms with Gasteiger partial charge in [0.05, 0.1) is 19.5 Å². The van der Waals surface area contributed by atoms with Crippen molar-refractivity contribution in [3.63, 3.8) is 0 Å². The van der Waals surface area contributed by atoms with Gasteiger partial charge in [0.15, 0.2) is 0 Å². The number of nitrogens with one attached hydrogen (secondary N) is 1. The molecule has 1 unspecified atom stereocenters. The quantitative estimate of drug-likeness (QED) is 0.307. The van der Waals surface area contributed by atoms with Gasteiger partial charge in [0.2, 0.25) is 0 Å². The maximum atomic E-state index is 10.4. The lowest BCUT2D eigenvalue weighted by Crippen LogP contribution is -2.22. The first kappa shape index (κ1) is 17.7. The third-order valence-electron chi connectivity index (χ3n) is 4.74. The summed E-state index contributed by atoms with van der Waals surface area (Å²) in [4.78, 5) is 0. The molecule has 0 radical (unpaired) electrons. The Morgan fingerprint density at radius 1 is 0.967 bits per heavy atom. The molecule has 0 saturated heterocycles. The molecule has 0 aliphatic heterocycles. The number of unbranched alkanes of at least 4 members (excludes halogenated alkanes) is 2. The van der Waals surface area contributed by atoms with Crippen molar-refractivity contribution in [2.24, 2.45) is 0 Å². The van der Waals surface area contributed by atoms with Crippen LogP contribution in [-0.4, -0.2) is 41.5 Å². The number of aliphatic hydroxyl groups is 2. The first-order chi connectivity index (χ1) is 16.4. The van der Waals surface area contributed by atoms with Gasteiger partial charge in [0.25, 0.3) is 0 Å². The number of hydrogen-bond donors (Lipinski definition) is 4. The highest BCUT2D eigenvalue weighted by Crippen LogP contribution is 2.22. The molecule has 0 fully saturated rings. The van der Waals surface area contributed by atoms with Crippen molar-refractivity contribution in [2.45, 2.75) is 57.6 Å². The first-order valence-electron chi connectivity index (χ1n) is 13.0. The lowest BCUT2D eigenvalue weighted by molar-refractivity contribution is 0.126. The zero-order chi connectivity index (χ0) is 26.0. The molecule has 0 bridgehead atoms. The lowest BCUT2D eigenvalue weighted by Gasteiger charge is -2.14. The van der Waals surface area contributed by atoms with Crippen LogP contribution in [0.3, 0.4) is 0 Å². The Morgan fingerprint density at radius 2 is 1.70 bits per heavy atom. The molecule has 0 spiro atoms. The highest BCUT2D eigenvalue weighted by Gasteiger charge is 2.09. The van der Waals surface area contributed by atoms with E-state index >= 15 is 0 Å². The summed E-state index contributed by atoms with van der Waals surface area (Å²) in [7, 11) is 0. The molecular weight excluding hydrogens is 378 g/mol. The van der Waals surface area contributed by atoms with Crippen molar-refractivity contribution in [1.82, 2.24) is 5.32 Å². The van der Waals surface area contributed by atoms with E-state index in [0.29, 0.717) is 38.6 Å². The van der Waals surface area contributed by atoms with Crippen LogP contribution in [0.25, 0.3) is 0 Å². The van der Waals surface area contributed by atoms with Crippen LogP contribution in [0.4, 0.5) is 0 Å². The van der Waals surface area contributed by atoms with Crippen molar-refractivity contribution in [3.8, 4) is 5.75 Å². The molecule has 1 atom stereocenters. The molecule has 2 rings (SSSR count). The number of aryl methyl sites for hydroxylation is 1. The van der Waals surface area contributed by atoms with Crippen molar-refractivity contribution < 1.29 is 26.9 Å². The third-order valence-corrected chi connectivity index (χ3v) is 4.74. The monoisotopic (exact) mass is 420 g/mol. The van der Waals surface area contributed by atoms with E-state index in [1.807, 2.05) is 30.3 Å². The number of phenols is 1. The van der Waals surface area contributed by atoms with Crippen LogP contribution in [0.5, 0.6) is 5.75 Å². The van der Waals surface area contributed by atoms with E-state index in [2.05, 4.69) is 5.32 Å². The van der Waals surface area contributed by atoms with E-state index in [9.17, 15) is 15.3 Å². The minimum atomic E-state index is -2.06. The minimum absolute atomic E-state index is 0.0459. The third kappa shape index (κ3) is 9.72. The topological polar surface area (TPSA) is 82.0 Å². The standard InChI is InChI=1S/C25H37NO4/c27-20-23-18-22(13-14-24(23)28)25(29)19-26-15-7-1-2-8-16-30-17-9-6-12-21-10-4-3-5-11-21/h3-5,10-11,13-14,18,25-29H,1-2,6-9,12,15-17,19-20H2/i16D2,17D2,25D. The van der Waals surface area contributed by atoms with Gasteiger partial charge in [-0.25, -0.2) is 0 Å². The molecule has 4 N–H and O–H groups in total. The molecule has 0 amide bonds. The van der Waals surface area contributed by atoms with E-state index in [-0.39, 0.29) is 36.3 Å². The second-order valence-electron chi connectivity index (χ2n) is 7.17. The first-order valence-corrected chi connectivity index (χ1v) is 10.5.